The van der Waals surface area contributed by atoms with Gasteiger partial charge >= 0.3 is 0 Å². The first-order chi connectivity index (χ1) is 9.19. The van der Waals surface area contributed by atoms with E-state index in [0.29, 0.717) is 5.95 Å². The van der Waals surface area contributed by atoms with Gasteiger partial charge < -0.3 is 10.6 Å². The highest BCUT2D eigenvalue weighted by atomic mass is 79.9. The Kier molecular flexibility index (Phi) is 5.59. The van der Waals surface area contributed by atoms with Crippen molar-refractivity contribution in [3.8, 4) is 0 Å². The summed E-state index contributed by atoms with van der Waals surface area (Å²) in [6.45, 7) is 3.73. The van der Waals surface area contributed by atoms with E-state index in [1.807, 2.05) is 0 Å². The summed E-state index contributed by atoms with van der Waals surface area (Å²) in [4.78, 5) is 9.92. The van der Waals surface area contributed by atoms with Gasteiger partial charge in [-0.3, -0.25) is 0 Å². The van der Waals surface area contributed by atoms with Gasteiger partial charge in [-0.05, 0) is 44.3 Å². The SMILES string of the molecule is CCCNc1ncc(Br)c(NCc2cc(Br)cs2)n1. The summed E-state index contributed by atoms with van der Waals surface area (Å²) < 4.78 is 1.98. The van der Waals surface area contributed by atoms with Gasteiger partial charge in [0.05, 0.1) is 11.0 Å². The maximum Gasteiger partial charge on any atom is 0.224 e. The van der Waals surface area contributed by atoms with Gasteiger partial charge in [0.2, 0.25) is 5.95 Å². The summed E-state index contributed by atoms with van der Waals surface area (Å²) in [5, 5.41) is 8.56. The number of thiophene rings is 1. The smallest absolute Gasteiger partial charge is 0.224 e. The molecule has 2 aromatic rings. The van der Waals surface area contributed by atoms with Crippen LogP contribution in [0.5, 0.6) is 0 Å². The van der Waals surface area contributed by atoms with E-state index in [4.69, 9.17) is 0 Å². The first kappa shape index (κ1) is 14.7. The number of aromatic nitrogens is 2. The minimum absolute atomic E-state index is 0.653. The molecule has 102 valence electrons. The van der Waals surface area contributed by atoms with Crippen LogP contribution >= 0.6 is 43.2 Å². The number of rotatable bonds is 6. The second-order valence-electron chi connectivity index (χ2n) is 3.90. The third kappa shape index (κ3) is 4.43. The van der Waals surface area contributed by atoms with E-state index in [9.17, 15) is 0 Å². The lowest BCUT2D eigenvalue weighted by Crippen LogP contribution is -2.07. The first-order valence-corrected chi connectivity index (χ1v) is 8.38. The van der Waals surface area contributed by atoms with E-state index in [-0.39, 0.29) is 0 Å². The van der Waals surface area contributed by atoms with Crippen LogP contribution in [0.4, 0.5) is 11.8 Å². The van der Waals surface area contributed by atoms with Crippen LogP contribution in [-0.4, -0.2) is 16.5 Å². The molecule has 0 spiro atoms. The number of hydrogen-bond donors (Lipinski definition) is 2. The monoisotopic (exact) mass is 404 g/mol. The predicted molar refractivity (Wildman–Crippen MR) is 87.9 cm³/mol. The van der Waals surface area contributed by atoms with Crippen molar-refractivity contribution in [1.82, 2.24) is 9.97 Å². The molecule has 0 bridgehead atoms. The molecule has 19 heavy (non-hydrogen) atoms. The van der Waals surface area contributed by atoms with Crippen LogP contribution in [0.2, 0.25) is 0 Å². The highest BCUT2D eigenvalue weighted by molar-refractivity contribution is 9.10. The maximum absolute atomic E-state index is 4.44. The van der Waals surface area contributed by atoms with E-state index in [1.54, 1.807) is 17.5 Å². The quantitative estimate of drug-likeness (QED) is 0.742. The van der Waals surface area contributed by atoms with E-state index in [0.717, 1.165) is 34.3 Å². The van der Waals surface area contributed by atoms with Gasteiger partial charge in [0.15, 0.2) is 0 Å². The van der Waals surface area contributed by atoms with Gasteiger partial charge in [-0.25, -0.2) is 4.98 Å². The van der Waals surface area contributed by atoms with E-state index in [2.05, 4.69) is 70.8 Å². The molecule has 0 saturated carbocycles. The van der Waals surface area contributed by atoms with Crippen LogP contribution in [0.1, 0.15) is 18.2 Å². The molecule has 0 amide bonds. The summed E-state index contributed by atoms with van der Waals surface area (Å²) in [5.41, 5.74) is 0. The van der Waals surface area contributed by atoms with E-state index < -0.39 is 0 Å². The average Bonchev–Trinajstić information content (AvgIpc) is 2.82. The second kappa shape index (κ2) is 7.21. The molecule has 0 unspecified atom stereocenters. The van der Waals surface area contributed by atoms with Crippen LogP contribution in [0.15, 0.2) is 26.6 Å². The van der Waals surface area contributed by atoms with Gasteiger partial charge in [0, 0.05) is 27.5 Å². The highest BCUT2D eigenvalue weighted by Crippen LogP contribution is 2.23. The minimum Gasteiger partial charge on any atom is -0.364 e. The fourth-order valence-corrected chi connectivity index (χ4v) is 3.15. The summed E-state index contributed by atoms with van der Waals surface area (Å²) in [5.74, 6) is 1.46. The van der Waals surface area contributed by atoms with Crippen molar-refractivity contribution in [1.29, 1.82) is 0 Å². The molecular weight excluding hydrogens is 392 g/mol. The summed E-state index contributed by atoms with van der Waals surface area (Å²) in [7, 11) is 0. The standard InChI is InChI=1S/C12H14Br2N4S/c1-2-3-15-12-17-6-10(14)11(18-12)16-5-9-4-8(13)7-19-9/h4,6-7H,2-3,5H2,1H3,(H2,15,16,17,18). The Hall–Kier alpha value is -0.660. The highest BCUT2D eigenvalue weighted by Gasteiger charge is 2.05. The molecule has 0 aliphatic heterocycles. The van der Waals surface area contributed by atoms with Crippen molar-refractivity contribution < 1.29 is 0 Å². The lowest BCUT2D eigenvalue weighted by molar-refractivity contribution is 0.949. The molecule has 7 heteroatoms. The fraction of sp³-hybridized carbons (Fsp3) is 0.333. The van der Waals surface area contributed by atoms with Gasteiger partial charge in [-0.15, -0.1) is 11.3 Å². The number of nitrogens with zero attached hydrogens (tertiary/aromatic N) is 2. The Morgan fingerprint density at radius 2 is 2.16 bits per heavy atom. The molecule has 4 nitrogen and oxygen atoms in total. The molecule has 0 aromatic carbocycles. The lowest BCUT2D eigenvalue weighted by Gasteiger charge is -2.09. The molecule has 0 aliphatic carbocycles. The van der Waals surface area contributed by atoms with Gasteiger partial charge in [0.25, 0.3) is 0 Å². The van der Waals surface area contributed by atoms with Crippen LogP contribution in [0.3, 0.4) is 0 Å². The van der Waals surface area contributed by atoms with Crippen molar-refractivity contribution in [2.75, 3.05) is 17.2 Å². The first-order valence-electron chi connectivity index (χ1n) is 5.92. The average molecular weight is 406 g/mol. The zero-order valence-corrected chi connectivity index (χ0v) is 14.4. The van der Waals surface area contributed by atoms with Crippen LogP contribution in [0, 0.1) is 0 Å². The van der Waals surface area contributed by atoms with Crippen LogP contribution < -0.4 is 10.6 Å². The normalized spacial score (nSPS) is 10.5. The molecule has 0 fully saturated rings. The predicted octanol–water partition coefficient (Wildman–Crippen LogP) is 4.50. The topological polar surface area (TPSA) is 49.8 Å². The second-order valence-corrected chi connectivity index (χ2v) is 6.67. The Labute approximate surface area is 133 Å². The van der Waals surface area contributed by atoms with Crippen LogP contribution in [-0.2, 0) is 6.54 Å². The van der Waals surface area contributed by atoms with Crippen LogP contribution in [0.25, 0.3) is 0 Å². The summed E-state index contributed by atoms with van der Waals surface area (Å²) in [6, 6.07) is 2.10. The number of halogens is 2. The number of anilines is 2. The molecule has 0 atom stereocenters. The Morgan fingerprint density at radius 1 is 1.32 bits per heavy atom. The van der Waals surface area contributed by atoms with Crippen molar-refractivity contribution in [2.45, 2.75) is 19.9 Å². The third-order valence-electron chi connectivity index (χ3n) is 2.33. The Bertz CT molecular complexity index is 544. The zero-order chi connectivity index (χ0) is 13.7. The maximum atomic E-state index is 4.44. The van der Waals surface area contributed by atoms with E-state index >= 15 is 0 Å². The minimum atomic E-state index is 0.653. The van der Waals surface area contributed by atoms with Crippen molar-refractivity contribution in [2.24, 2.45) is 0 Å². The third-order valence-corrected chi connectivity index (χ3v) is 4.61. The van der Waals surface area contributed by atoms with Crippen molar-refractivity contribution >= 4 is 55.0 Å². The summed E-state index contributed by atoms with van der Waals surface area (Å²) in [6.07, 6.45) is 2.81. The van der Waals surface area contributed by atoms with Crippen molar-refractivity contribution in [3.05, 3.63) is 31.5 Å². The molecule has 2 aromatic heterocycles. The molecule has 2 rings (SSSR count). The molecule has 0 radical (unpaired) electrons. The molecule has 0 aliphatic rings. The Morgan fingerprint density at radius 3 is 2.84 bits per heavy atom. The molecule has 0 saturated heterocycles. The van der Waals surface area contributed by atoms with Crippen molar-refractivity contribution in [3.63, 3.8) is 0 Å². The number of nitrogens with one attached hydrogen (secondary N) is 2. The fourth-order valence-electron chi connectivity index (χ4n) is 1.43. The summed E-state index contributed by atoms with van der Waals surface area (Å²) >= 11 is 8.62. The molecule has 2 heterocycles. The van der Waals surface area contributed by atoms with E-state index in [1.165, 1.54) is 4.88 Å². The lowest BCUT2D eigenvalue weighted by atomic mass is 10.4. The Balaban J connectivity index is 2.02. The van der Waals surface area contributed by atoms with Gasteiger partial charge in [0.1, 0.15) is 5.82 Å². The molecular formula is C12H14Br2N4S. The molecule has 2 N–H and O–H groups in total. The largest absolute Gasteiger partial charge is 0.364 e. The number of hydrogen-bond acceptors (Lipinski definition) is 5. The van der Waals surface area contributed by atoms with Gasteiger partial charge in [-0.1, -0.05) is 6.92 Å². The zero-order valence-electron chi connectivity index (χ0n) is 10.4. The van der Waals surface area contributed by atoms with Gasteiger partial charge in [-0.2, -0.15) is 4.98 Å².